The van der Waals surface area contributed by atoms with Gasteiger partial charge in [-0.15, -0.1) is 10.3 Å². The molecule has 0 amide bonds. The van der Waals surface area contributed by atoms with Gasteiger partial charge in [-0.2, -0.15) is 0 Å². The van der Waals surface area contributed by atoms with Crippen molar-refractivity contribution in [2.45, 2.75) is 58.5 Å². The van der Waals surface area contributed by atoms with Crippen molar-refractivity contribution in [3.05, 3.63) is 17.7 Å². The molecule has 1 aromatic rings. The third-order valence-corrected chi connectivity index (χ3v) is 3.86. The lowest BCUT2D eigenvalue weighted by molar-refractivity contribution is -0.243. The molecular formula is C18H30NO4. The second-order valence-corrected chi connectivity index (χ2v) is 6.60. The Labute approximate surface area is 140 Å². The van der Waals surface area contributed by atoms with E-state index in [9.17, 15) is 5.21 Å². The zero-order chi connectivity index (χ0) is 17.6. The van der Waals surface area contributed by atoms with E-state index in [4.69, 9.17) is 14.2 Å². The van der Waals surface area contributed by atoms with Crippen LogP contribution >= 0.6 is 0 Å². The highest BCUT2D eigenvalue weighted by Gasteiger charge is 2.34. The average Bonchev–Trinajstić information content (AvgIpc) is 2.53. The van der Waals surface area contributed by atoms with Gasteiger partial charge in [0.1, 0.15) is 17.2 Å². The summed E-state index contributed by atoms with van der Waals surface area (Å²) in [6, 6.07) is 3.27. The normalized spacial score (nSPS) is 13.1. The van der Waals surface area contributed by atoms with Gasteiger partial charge in [-0.25, -0.2) is 0 Å². The molecule has 0 bridgehead atoms. The molecule has 1 rings (SSSR count). The Kier molecular flexibility index (Phi) is 7.16. The summed E-state index contributed by atoms with van der Waals surface area (Å²) >= 11 is 0. The molecule has 0 spiro atoms. The van der Waals surface area contributed by atoms with Crippen molar-refractivity contribution >= 4 is 0 Å². The molecule has 1 atom stereocenters. The predicted octanol–water partition coefficient (Wildman–Crippen LogP) is 4.39. The average molecular weight is 324 g/mol. The zero-order valence-corrected chi connectivity index (χ0v) is 15.4. The fraction of sp³-hybridized carbons (Fsp3) is 0.667. The highest BCUT2D eigenvalue weighted by atomic mass is 16.5. The van der Waals surface area contributed by atoms with Crippen molar-refractivity contribution < 1.29 is 19.4 Å². The largest absolute Gasteiger partial charge is 0.496 e. The molecule has 1 unspecified atom stereocenters. The van der Waals surface area contributed by atoms with Crippen LogP contribution in [0, 0.1) is 0 Å². The van der Waals surface area contributed by atoms with Crippen LogP contribution in [0.3, 0.4) is 0 Å². The number of benzene rings is 1. The number of rotatable bonds is 8. The van der Waals surface area contributed by atoms with Crippen LogP contribution in [0.15, 0.2) is 12.1 Å². The smallest absolute Gasteiger partial charge is 0.131 e. The molecule has 0 aliphatic carbocycles. The first-order valence-electron chi connectivity index (χ1n) is 8.06. The maximum atomic E-state index is 12.9. The Morgan fingerprint density at radius 3 is 1.91 bits per heavy atom. The Bertz CT molecular complexity index is 471. The Hall–Kier alpha value is -1.46. The van der Waals surface area contributed by atoms with Gasteiger partial charge in [-0.05, 0) is 27.2 Å². The SMILES string of the molecule is CCCCC(c1c(OC)cc(OC)cc1OC)N([O])C(C)(C)C. The van der Waals surface area contributed by atoms with Crippen LogP contribution in [0.25, 0.3) is 0 Å². The van der Waals surface area contributed by atoms with Crippen LogP contribution in [0.1, 0.15) is 58.6 Å². The van der Waals surface area contributed by atoms with E-state index in [1.165, 1.54) is 0 Å². The van der Waals surface area contributed by atoms with E-state index in [0.29, 0.717) is 17.2 Å². The lowest BCUT2D eigenvalue weighted by Gasteiger charge is -2.35. The Balaban J connectivity index is 3.44. The molecule has 0 aromatic heterocycles. The second kappa shape index (κ2) is 8.41. The van der Waals surface area contributed by atoms with Gasteiger partial charge in [0.25, 0.3) is 0 Å². The van der Waals surface area contributed by atoms with Crippen LogP contribution < -0.4 is 14.2 Å². The summed E-state index contributed by atoms with van der Waals surface area (Å²) in [6.07, 6.45) is 2.73. The summed E-state index contributed by atoms with van der Waals surface area (Å²) in [5, 5.41) is 14.1. The predicted molar refractivity (Wildman–Crippen MR) is 90.6 cm³/mol. The second-order valence-electron chi connectivity index (χ2n) is 6.60. The molecule has 23 heavy (non-hydrogen) atoms. The summed E-state index contributed by atoms with van der Waals surface area (Å²) < 4.78 is 16.3. The molecule has 0 saturated heterocycles. The number of methoxy groups -OCH3 is 3. The maximum Gasteiger partial charge on any atom is 0.131 e. The lowest BCUT2D eigenvalue weighted by atomic mass is 9.95. The topological polar surface area (TPSA) is 50.8 Å². The summed E-state index contributed by atoms with van der Waals surface area (Å²) in [5.41, 5.74) is 0.281. The van der Waals surface area contributed by atoms with Crippen molar-refractivity contribution in [1.29, 1.82) is 0 Å². The van der Waals surface area contributed by atoms with E-state index >= 15 is 0 Å². The molecule has 0 N–H and O–H groups in total. The number of hydrogen-bond acceptors (Lipinski definition) is 4. The maximum absolute atomic E-state index is 12.9. The van der Waals surface area contributed by atoms with Crippen LogP contribution in [0.5, 0.6) is 17.2 Å². The molecular weight excluding hydrogens is 294 g/mol. The Morgan fingerprint density at radius 2 is 1.57 bits per heavy atom. The van der Waals surface area contributed by atoms with E-state index in [-0.39, 0.29) is 6.04 Å². The molecule has 0 aliphatic rings. The summed E-state index contributed by atoms with van der Waals surface area (Å²) in [6.45, 7) is 7.87. The summed E-state index contributed by atoms with van der Waals surface area (Å²) in [5.74, 6) is 1.88. The lowest BCUT2D eigenvalue weighted by Crippen LogP contribution is -2.40. The number of hydrogen-bond donors (Lipinski definition) is 0. The fourth-order valence-corrected chi connectivity index (χ4v) is 2.60. The van der Waals surface area contributed by atoms with Crippen molar-refractivity contribution in [1.82, 2.24) is 5.06 Å². The molecule has 1 radical (unpaired) electrons. The van der Waals surface area contributed by atoms with Crippen molar-refractivity contribution in [2.75, 3.05) is 21.3 Å². The van der Waals surface area contributed by atoms with Gasteiger partial charge in [0.15, 0.2) is 0 Å². The van der Waals surface area contributed by atoms with Gasteiger partial charge < -0.3 is 14.2 Å². The number of nitrogens with zero attached hydrogens (tertiary/aromatic N) is 1. The minimum absolute atomic E-state index is 0.328. The molecule has 1 aromatic carbocycles. The minimum Gasteiger partial charge on any atom is -0.496 e. The van der Waals surface area contributed by atoms with Gasteiger partial charge in [0.05, 0.1) is 32.9 Å². The minimum atomic E-state index is -0.506. The van der Waals surface area contributed by atoms with Crippen LogP contribution in [0.4, 0.5) is 0 Å². The summed E-state index contributed by atoms with van der Waals surface area (Å²) in [4.78, 5) is 0. The Morgan fingerprint density at radius 1 is 1.04 bits per heavy atom. The van der Waals surface area contributed by atoms with Gasteiger partial charge in [-0.1, -0.05) is 19.8 Å². The molecule has 131 valence electrons. The van der Waals surface area contributed by atoms with Crippen LogP contribution in [0.2, 0.25) is 0 Å². The van der Waals surface area contributed by atoms with E-state index in [1.807, 2.05) is 20.8 Å². The molecule has 5 nitrogen and oxygen atoms in total. The highest BCUT2D eigenvalue weighted by molar-refractivity contribution is 5.52. The quantitative estimate of drug-likeness (QED) is 0.665. The van der Waals surface area contributed by atoms with Gasteiger partial charge in [-0.3, -0.25) is 0 Å². The van der Waals surface area contributed by atoms with Crippen LogP contribution in [-0.2, 0) is 5.21 Å². The first-order valence-corrected chi connectivity index (χ1v) is 8.06. The van der Waals surface area contributed by atoms with E-state index in [0.717, 1.165) is 29.9 Å². The first-order chi connectivity index (χ1) is 10.8. The molecule has 0 saturated carbocycles. The molecule has 5 heteroatoms. The zero-order valence-electron chi connectivity index (χ0n) is 15.4. The molecule has 0 fully saturated rings. The number of unbranched alkanes of at least 4 members (excludes halogenated alkanes) is 1. The van der Waals surface area contributed by atoms with Gasteiger partial charge >= 0.3 is 0 Å². The third-order valence-electron chi connectivity index (χ3n) is 3.86. The molecule has 0 aliphatic heterocycles. The highest BCUT2D eigenvalue weighted by Crippen LogP contribution is 2.43. The van der Waals surface area contributed by atoms with Crippen molar-refractivity contribution in [2.24, 2.45) is 0 Å². The van der Waals surface area contributed by atoms with E-state index in [2.05, 4.69) is 6.92 Å². The number of hydroxylamine groups is 2. The van der Waals surface area contributed by atoms with Crippen molar-refractivity contribution in [3.63, 3.8) is 0 Å². The van der Waals surface area contributed by atoms with Gasteiger partial charge in [0, 0.05) is 17.7 Å². The van der Waals surface area contributed by atoms with Crippen molar-refractivity contribution in [3.8, 4) is 17.2 Å². The molecule has 0 heterocycles. The first kappa shape index (κ1) is 19.6. The van der Waals surface area contributed by atoms with E-state index in [1.54, 1.807) is 33.5 Å². The number of ether oxygens (including phenoxy) is 3. The monoisotopic (exact) mass is 324 g/mol. The standard InChI is InChI=1S/C18H30NO4/c1-8-9-10-14(19(20)18(2,3)4)17-15(22-6)11-13(21-5)12-16(17)23-7/h11-12,14H,8-10H2,1-7H3. The van der Waals surface area contributed by atoms with Crippen LogP contribution in [-0.4, -0.2) is 31.9 Å². The third kappa shape index (κ3) is 4.75. The van der Waals surface area contributed by atoms with E-state index < -0.39 is 5.54 Å². The fourth-order valence-electron chi connectivity index (χ4n) is 2.60. The van der Waals surface area contributed by atoms with Gasteiger partial charge in [0.2, 0.25) is 0 Å². The summed E-state index contributed by atoms with van der Waals surface area (Å²) in [7, 11) is 4.79.